The molecule has 0 saturated carbocycles. The van der Waals surface area contributed by atoms with Crippen molar-refractivity contribution < 1.29 is 14.6 Å². The molecule has 0 radical (unpaired) electrons. The van der Waals surface area contributed by atoms with Gasteiger partial charge in [0.15, 0.2) is 5.78 Å². The first-order valence-corrected chi connectivity index (χ1v) is 6.92. The Morgan fingerprint density at radius 3 is 2.30 bits per heavy atom. The Morgan fingerprint density at radius 1 is 1.30 bits per heavy atom. The monoisotopic (exact) mass is 279 g/mol. The van der Waals surface area contributed by atoms with Crippen LogP contribution in [0.4, 0.5) is 0 Å². The third-order valence-electron chi connectivity index (χ3n) is 3.43. The summed E-state index contributed by atoms with van der Waals surface area (Å²) in [4.78, 5) is 14.4. The minimum Gasteiger partial charge on any atom is -0.491 e. The van der Waals surface area contributed by atoms with Crippen molar-refractivity contribution in [3.8, 4) is 5.75 Å². The predicted octanol–water partition coefficient (Wildman–Crippen LogP) is 2.36. The number of carbonyl (C=O) groups excluding carboxylic acids is 1. The fraction of sp³-hybridized carbons (Fsp3) is 0.562. The van der Waals surface area contributed by atoms with Crippen LogP contribution in [0.25, 0.3) is 0 Å². The van der Waals surface area contributed by atoms with Gasteiger partial charge in [-0.1, -0.05) is 0 Å². The molecule has 4 nitrogen and oxygen atoms in total. The van der Waals surface area contributed by atoms with Gasteiger partial charge in [0.1, 0.15) is 5.75 Å². The Labute approximate surface area is 121 Å². The van der Waals surface area contributed by atoms with Gasteiger partial charge in [-0.3, -0.25) is 9.69 Å². The Hall–Kier alpha value is -1.39. The number of aliphatic hydroxyl groups excluding tert-OH is 1. The molecule has 4 heteroatoms. The number of hydrogen-bond acceptors (Lipinski definition) is 4. The van der Waals surface area contributed by atoms with Crippen LogP contribution in [0.5, 0.6) is 5.75 Å². The van der Waals surface area contributed by atoms with Gasteiger partial charge < -0.3 is 9.84 Å². The second-order valence-corrected chi connectivity index (χ2v) is 5.72. The fourth-order valence-corrected chi connectivity index (χ4v) is 1.91. The summed E-state index contributed by atoms with van der Waals surface area (Å²) >= 11 is 0. The van der Waals surface area contributed by atoms with Gasteiger partial charge in [-0.2, -0.15) is 0 Å². The van der Waals surface area contributed by atoms with Crippen LogP contribution in [0.15, 0.2) is 24.3 Å². The maximum Gasteiger partial charge on any atom is 0.182 e. The topological polar surface area (TPSA) is 49.8 Å². The Balaban J connectivity index is 2.86. The number of Topliss-reactive ketones (excluding diaryl/α,β-unsaturated/α-hetero) is 1. The fourth-order valence-electron chi connectivity index (χ4n) is 1.91. The zero-order valence-corrected chi connectivity index (χ0v) is 13.0. The molecule has 0 aliphatic heterocycles. The van der Waals surface area contributed by atoms with Crippen LogP contribution in [0.1, 0.15) is 38.1 Å². The lowest BCUT2D eigenvalue weighted by molar-refractivity contribution is 0.0666. The Bertz CT molecular complexity index is 438. The number of nitrogens with zero attached hydrogens (tertiary/aromatic N) is 1. The molecule has 0 saturated heterocycles. The van der Waals surface area contributed by atoms with E-state index >= 15 is 0 Å². The SMILES string of the molecule is CC(C)Oc1ccc(C(=O)C(C)(C)N(C)CCO)cc1. The zero-order valence-electron chi connectivity index (χ0n) is 13.0. The molecule has 0 heterocycles. The minimum absolute atomic E-state index is 0.0320. The smallest absolute Gasteiger partial charge is 0.182 e. The van der Waals surface area contributed by atoms with Gasteiger partial charge >= 0.3 is 0 Å². The Morgan fingerprint density at radius 2 is 1.85 bits per heavy atom. The molecule has 0 unspecified atom stereocenters. The third kappa shape index (κ3) is 4.05. The largest absolute Gasteiger partial charge is 0.491 e. The number of carbonyl (C=O) groups is 1. The summed E-state index contributed by atoms with van der Waals surface area (Å²) in [5.74, 6) is 0.794. The van der Waals surface area contributed by atoms with E-state index in [1.54, 1.807) is 12.1 Å². The van der Waals surface area contributed by atoms with Crippen LogP contribution in [0.2, 0.25) is 0 Å². The normalized spacial score (nSPS) is 12.0. The number of ketones is 1. The van der Waals surface area contributed by atoms with E-state index in [2.05, 4.69) is 0 Å². The lowest BCUT2D eigenvalue weighted by atomic mass is 9.91. The second-order valence-electron chi connectivity index (χ2n) is 5.72. The van der Waals surface area contributed by atoms with Crippen LogP contribution in [-0.2, 0) is 0 Å². The highest BCUT2D eigenvalue weighted by atomic mass is 16.5. The summed E-state index contributed by atoms with van der Waals surface area (Å²) in [5.41, 5.74) is -0.000673. The zero-order chi connectivity index (χ0) is 15.3. The molecule has 0 atom stereocenters. The lowest BCUT2D eigenvalue weighted by Gasteiger charge is -2.33. The summed E-state index contributed by atoms with van der Waals surface area (Å²) in [5, 5.41) is 9.00. The molecule has 0 amide bonds. The van der Waals surface area contributed by atoms with Crippen LogP contribution >= 0.6 is 0 Å². The van der Waals surface area contributed by atoms with Crippen molar-refractivity contribution in [2.24, 2.45) is 0 Å². The molecule has 1 aromatic carbocycles. The van der Waals surface area contributed by atoms with Crippen LogP contribution < -0.4 is 4.74 Å². The molecule has 1 rings (SSSR count). The van der Waals surface area contributed by atoms with Gasteiger partial charge in [-0.25, -0.2) is 0 Å². The van der Waals surface area contributed by atoms with Crippen molar-refractivity contribution in [3.63, 3.8) is 0 Å². The highest BCUT2D eigenvalue weighted by molar-refractivity contribution is 6.02. The molecule has 0 fully saturated rings. The van der Waals surface area contributed by atoms with Gasteiger partial charge in [-0.05, 0) is 59.0 Å². The van der Waals surface area contributed by atoms with Crippen molar-refractivity contribution >= 4 is 5.78 Å². The summed E-state index contributed by atoms with van der Waals surface area (Å²) in [6.45, 7) is 8.16. The summed E-state index contributed by atoms with van der Waals surface area (Å²) in [7, 11) is 1.84. The van der Waals surface area contributed by atoms with E-state index in [1.807, 2.05) is 51.8 Å². The first kappa shape index (κ1) is 16.7. The van der Waals surface area contributed by atoms with E-state index in [9.17, 15) is 4.79 Å². The third-order valence-corrected chi connectivity index (χ3v) is 3.43. The summed E-state index contributed by atoms with van der Waals surface area (Å²) in [6, 6.07) is 7.20. The first-order chi connectivity index (χ1) is 9.28. The molecular weight excluding hydrogens is 254 g/mol. The second kappa shape index (κ2) is 6.86. The van der Waals surface area contributed by atoms with E-state index in [4.69, 9.17) is 9.84 Å². The van der Waals surface area contributed by atoms with Crippen molar-refractivity contribution in [2.75, 3.05) is 20.2 Å². The van der Waals surface area contributed by atoms with Crippen LogP contribution in [0, 0.1) is 0 Å². The number of likely N-dealkylation sites (N-methyl/N-ethyl adjacent to an activating group) is 1. The van der Waals surface area contributed by atoms with Gasteiger partial charge in [0.25, 0.3) is 0 Å². The van der Waals surface area contributed by atoms with E-state index in [1.165, 1.54) is 0 Å². The van der Waals surface area contributed by atoms with Gasteiger partial charge in [0.2, 0.25) is 0 Å². The Kier molecular flexibility index (Phi) is 5.72. The highest BCUT2D eigenvalue weighted by Gasteiger charge is 2.32. The molecule has 0 spiro atoms. The maximum atomic E-state index is 12.6. The van der Waals surface area contributed by atoms with Crippen molar-refractivity contribution in [1.82, 2.24) is 4.90 Å². The average Bonchev–Trinajstić information content (AvgIpc) is 2.38. The van der Waals surface area contributed by atoms with Crippen LogP contribution in [-0.4, -0.2) is 47.6 Å². The molecule has 0 bridgehead atoms. The first-order valence-electron chi connectivity index (χ1n) is 6.92. The quantitative estimate of drug-likeness (QED) is 0.778. The lowest BCUT2D eigenvalue weighted by Crippen LogP contribution is -2.49. The maximum absolute atomic E-state index is 12.6. The highest BCUT2D eigenvalue weighted by Crippen LogP contribution is 2.21. The van der Waals surface area contributed by atoms with Crippen molar-refractivity contribution in [2.45, 2.75) is 39.3 Å². The number of β-amino-alcohol motifs (C(OH)–C–C–N with tert-alkyl or cyclic N) is 1. The van der Waals surface area contributed by atoms with E-state index in [0.717, 1.165) is 5.75 Å². The number of hydrogen-bond donors (Lipinski definition) is 1. The van der Waals surface area contributed by atoms with E-state index < -0.39 is 5.54 Å². The molecule has 112 valence electrons. The summed E-state index contributed by atoms with van der Waals surface area (Å²) < 4.78 is 5.57. The van der Waals surface area contributed by atoms with Gasteiger partial charge in [0.05, 0.1) is 18.2 Å². The molecule has 1 N–H and O–H groups in total. The molecule has 0 aliphatic rings. The van der Waals surface area contributed by atoms with Crippen molar-refractivity contribution in [3.05, 3.63) is 29.8 Å². The minimum atomic E-state index is -0.650. The number of rotatable bonds is 7. The van der Waals surface area contributed by atoms with Crippen LogP contribution in [0.3, 0.4) is 0 Å². The summed E-state index contributed by atoms with van der Waals surface area (Å²) in [6.07, 6.45) is 0.115. The number of aliphatic hydroxyl groups is 1. The number of ether oxygens (including phenoxy) is 1. The van der Waals surface area contributed by atoms with E-state index in [0.29, 0.717) is 12.1 Å². The predicted molar refractivity (Wildman–Crippen MR) is 80.3 cm³/mol. The average molecular weight is 279 g/mol. The molecule has 20 heavy (non-hydrogen) atoms. The van der Waals surface area contributed by atoms with Crippen molar-refractivity contribution in [1.29, 1.82) is 0 Å². The van der Waals surface area contributed by atoms with E-state index in [-0.39, 0.29) is 18.5 Å². The molecule has 0 aromatic heterocycles. The molecule has 0 aliphatic carbocycles. The molecule has 1 aromatic rings. The number of benzene rings is 1. The molecular formula is C16H25NO3. The van der Waals surface area contributed by atoms with Gasteiger partial charge in [0, 0.05) is 12.1 Å². The van der Waals surface area contributed by atoms with Gasteiger partial charge in [-0.15, -0.1) is 0 Å². The standard InChI is InChI=1S/C16H25NO3/c1-12(2)20-14-8-6-13(7-9-14)15(19)16(3,4)17(5)10-11-18/h6-9,12,18H,10-11H2,1-5H3.